The SMILES string of the molecule is CCNC(=NCc1ccnc(OCc2ccccc2)c1)NCC(C(C)C)N1CCOCC1. The fraction of sp³-hybridized carbons (Fsp3) is 0.520. The molecule has 1 saturated heterocycles. The van der Waals surface area contributed by atoms with Gasteiger partial charge >= 0.3 is 0 Å². The summed E-state index contributed by atoms with van der Waals surface area (Å²) < 4.78 is 11.4. The first-order chi connectivity index (χ1) is 15.7. The quantitative estimate of drug-likeness (QED) is 0.438. The van der Waals surface area contributed by atoms with Crippen LogP contribution in [0.1, 0.15) is 31.9 Å². The molecular weight excluding hydrogens is 402 g/mol. The first kappa shape index (κ1) is 24.0. The number of benzene rings is 1. The van der Waals surface area contributed by atoms with Gasteiger partial charge in [-0.3, -0.25) is 4.90 Å². The Bertz CT molecular complexity index is 822. The molecule has 0 amide bonds. The smallest absolute Gasteiger partial charge is 0.213 e. The number of hydrogen-bond donors (Lipinski definition) is 2. The monoisotopic (exact) mass is 439 g/mol. The molecule has 1 aromatic carbocycles. The molecule has 0 saturated carbocycles. The molecule has 174 valence electrons. The second-order valence-corrected chi connectivity index (χ2v) is 8.31. The topological polar surface area (TPSA) is 71.0 Å². The average molecular weight is 440 g/mol. The maximum atomic E-state index is 5.85. The van der Waals surface area contributed by atoms with Gasteiger partial charge in [0.1, 0.15) is 6.61 Å². The van der Waals surface area contributed by atoms with Crippen molar-refractivity contribution >= 4 is 5.96 Å². The number of morpholine rings is 1. The number of ether oxygens (including phenoxy) is 2. The second kappa shape index (κ2) is 13.0. The highest BCUT2D eigenvalue weighted by Gasteiger charge is 2.23. The molecule has 2 heterocycles. The zero-order chi connectivity index (χ0) is 22.6. The van der Waals surface area contributed by atoms with Crippen molar-refractivity contribution < 1.29 is 9.47 Å². The highest BCUT2D eigenvalue weighted by atomic mass is 16.5. The molecule has 7 nitrogen and oxygen atoms in total. The van der Waals surface area contributed by atoms with E-state index in [1.54, 1.807) is 6.20 Å². The van der Waals surface area contributed by atoms with Crippen molar-refractivity contribution in [3.63, 3.8) is 0 Å². The molecule has 0 aliphatic carbocycles. The molecule has 2 N–H and O–H groups in total. The van der Waals surface area contributed by atoms with E-state index in [0.717, 1.165) is 56.5 Å². The number of nitrogens with zero attached hydrogens (tertiary/aromatic N) is 3. The lowest BCUT2D eigenvalue weighted by Crippen LogP contribution is -2.52. The third-order valence-electron chi connectivity index (χ3n) is 5.56. The Balaban J connectivity index is 1.56. The van der Waals surface area contributed by atoms with E-state index in [1.807, 2.05) is 42.5 Å². The fourth-order valence-corrected chi connectivity index (χ4v) is 3.77. The Morgan fingerprint density at radius 3 is 2.62 bits per heavy atom. The second-order valence-electron chi connectivity index (χ2n) is 8.31. The van der Waals surface area contributed by atoms with Crippen molar-refractivity contribution in [1.29, 1.82) is 0 Å². The standard InChI is InChI=1S/C25H37N5O2/c1-4-26-25(29-18-23(20(2)3)30-12-14-31-15-13-30)28-17-22-10-11-27-24(16-22)32-19-21-8-6-5-7-9-21/h5-11,16,20,23H,4,12-15,17-19H2,1-3H3,(H2,26,28,29). The predicted octanol–water partition coefficient (Wildman–Crippen LogP) is 3.07. The van der Waals surface area contributed by atoms with E-state index in [9.17, 15) is 0 Å². The zero-order valence-electron chi connectivity index (χ0n) is 19.6. The minimum Gasteiger partial charge on any atom is -0.473 e. The summed E-state index contributed by atoms with van der Waals surface area (Å²) in [6.45, 7) is 13.0. The van der Waals surface area contributed by atoms with Crippen LogP contribution in [0.15, 0.2) is 53.7 Å². The molecule has 0 bridgehead atoms. The van der Waals surface area contributed by atoms with Gasteiger partial charge in [0.25, 0.3) is 0 Å². The number of aromatic nitrogens is 1. The van der Waals surface area contributed by atoms with Gasteiger partial charge in [-0.25, -0.2) is 9.98 Å². The van der Waals surface area contributed by atoms with E-state index in [-0.39, 0.29) is 0 Å². The molecule has 0 spiro atoms. The Morgan fingerprint density at radius 1 is 1.12 bits per heavy atom. The van der Waals surface area contributed by atoms with Crippen LogP contribution >= 0.6 is 0 Å². The van der Waals surface area contributed by atoms with Crippen LogP contribution in [0.2, 0.25) is 0 Å². The van der Waals surface area contributed by atoms with Gasteiger partial charge in [-0.15, -0.1) is 0 Å². The molecule has 1 aromatic heterocycles. The van der Waals surface area contributed by atoms with Crippen LogP contribution in [0.4, 0.5) is 0 Å². The average Bonchev–Trinajstić information content (AvgIpc) is 2.83. The molecule has 7 heteroatoms. The largest absolute Gasteiger partial charge is 0.473 e. The molecule has 2 aromatic rings. The summed E-state index contributed by atoms with van der Waals surface area (Å²) in [7, 11) is 0. The normalized spacial score (nSPS) is 16.1. The van der Waals surface area contributed by atoms with Gasteiger partial charge in [0.05, 0.1) is 19.8 Å². The number of aliphatic imine (C=N–C) groups is 1. The summed E-state index contributed by atoms with van der Waals surface area (Å²) in [6, 6.07) is 14.5. The number of pyridine rings is 1. The maximum absolute atomic E-state index is 5.85. The maximum Gasteiger partial charge on any atom is 0.213 e. The highest BCUT2D eigenvalue weighted by molar-refractivity contribution is 5.79. The Hall–Kier alpha value is -2.64. The lowest BCUT2D eigenvalue weighted by atomic mass is 10.0. The van der Waals surface area contributed by atoms with Gasteiger partial charge in [-0.05, 0) is 30.0 Å². The minimum absolute atomic E-state index is 0.446. The van der Waals surface area contributed by atoms with Gasteiger partial charge in [-0.2, -0.15) is 0 Å². The predicted molar refractivity (Wildman–Crippen MR) is 129 cm³/mol. The van der Waals surface area contributed by atoms with Crippen LogP contribution in [0, 0.1) is 5.92 Å². The highest BCUT2D eigenvalue weighted by Crippen LogP contribution is 2.14. The summed E-state index contributed by atoms with van der Waals surface area (Å²) in [5.41, 5.74) is 2.19. The first-order valence-corrected chi connectivity index (χ1v) is 11.6. The van der Waals surface area contributed by atoms with E-state index in [1.165, 1.54) is 0 Å². The van der Waals surface area contributed by atoms with Crippen LogP contribution in [0.25, 0.3) is 0 Å². The van der Waals surface area contributed by atoms with Crippen LogP contribution in [0.5, 0.6) is 5.88 Å². The summed E-state index contributed by atoms with van der Waals surface area (Å²) in [6.07, 6.45) is 1.78. The lowest BCUT2D eigenvalue weighted by Gasteiger charge is -2.37. The number of rotatable bonds is 10. The molecule has 1 atom stereocenters. The van der Waals surface area contributed by atoms with Crippen LogP contribution in [0.3, 0.4) is 0 Å². The Kier molecular flexibility index (Phi) is 9.78. The summed E-state index contributed by atoms with van der Waals surface area (Å²) in [5, 5.41) is 6.90. The number of nitrogens with one attached hydrogen (secondary N) is 2. The Labute approximate surface area is 192 Å². The third-order valence-corrected chi connectivity index (χ3v) is 5.56. The van der Waals surface area contributed by atoms with Gasteiger partial charge in [0, 0.05) is 44.5 Å². The summed E-state index contributed by atoms with van der Waals surface area (Å²) in [5.74, 6) is 2.00. The summed E-state index contributed by atoms with van der Waals surface area (Å²) in [4.78, 5) is 11.6. The van der Waals surface area contributed by atoms with Crippen molar-refractivity contribution in [3.05, 3.63) is 59.8 Å². The molecule has 1 aliphatic heterocycles. The number of hydrogen-bond acceptors (Lipinski definition) is 5. The van der Waals surface area contributed by atoms with E-state index < -0.39 is 0 Å². The van der Waals surface area contributed by atoms with E-state index in [4.69, 9.17) is 14.5 Å². The summed E-state index contributed by atoms with van der Waals surface area (Å²) >= 11 is 0. The zero-order valence-corrected chi connectivity index (χ0v) is 19.6. The van der Waals surface area contributed by atoms with E-state index in [0.29, 0.717) is 31.0 Å². The van der Waals surface area contributed by atoms with Gasteiger partial charge in [0.2, 0.25) is 5.88 Å². The van der Waals surface area contributed by atoms with Crippen molar-refractivity contribution in [2.75, 3.05) is 39.4 Å². The van der Waals surface area contributed by atoms with Gasteiger partial charge in [-0.1, -0.05) is 44.2 Å². The minimum atomic E-state index is 0.446. The molecule has 1 aliphatic rings. The van der Waals surface area contributed by atoms with Crippen molar-refractivity contribution in [3.8, 4) is 5.88 Å². The van der Waals surface area contributed by atoms with Crippen molar-refractivity contribution in [1.82, 2.24) is 20.5 Å². The van der Waals surface area contributed by atoms with E-state index >= 15 is 0 Å². The fourth-order valence-electron chi connectivity index (χ4n) is 3.77. The van der Waals surface area contributed by atoms with Crippen LogP contribution in [-0.4, -0.2) is 61.3 Å². The molecule has 1 unspecified atom stereocenters. The Morgan fingerprint density at radius 2 is 1.91 bits per heavy atom. The lowest BCUT2D eigenvalue weighted by molar-refractivity contribution is 0.00752. The first-order valence-electron chi connectivity index (χ1n) is 11.6. The van der Waals surface area contributed by atoms with E-state index in [2.05, 4.69) is 41.3 Å². The van der Waals surface area contributed by atoms with Crippen LogP contribution < -0.4 is 15.4 Å². The molecule has 3 rings (SSSR count). The molecule has 0 radical (unpaired) electrons. The third kappa shape index (κ3) is 7.80. The van der Waals surface area contributed by atoms with Crippen molar-refractivity contribution in [2.45, 2.75) is 40.0 Å². The molecule has 1 fully saturated rings. The van der Waals surface area contributed by atoms with Crippen molar-refractivity contribution in [2.24, 2.45) is 10.9 Å². The van der Waals surface area contributed by atoms with Crippen LogP contribution in [-0.2, 0) is 17.9 Å². The molecular formula is C25H37N5O2. The van der Waals surface area contributed by atoms with Gasteiger partial charge in [0.15, 0.2) is 5.96 Å². The number of guanidine groups is 1. The molecule has 32 heavy (non-hydrogen) atoms. The van der Waals surface area contributed by atoms with Gasteiger partial charge < -0.3 is 20.1 Å².